The Morgan fingerprint density at radius 1 is 1.43 bits per heavy atom. The third-order valence-electron chi connectivity index (χ3n) is 4.27. The molecule has 0 radical (unpaired) electrons. The van der Waals surface area contributed by atoms with Crippen molar-refractivity contribution in [1.29, 1.82) is 0 Å². The first-order valence-electron chi connectivity index (χ1n) is 7.16. The largest absolute Gasteiger partial charge is 0.364 e. The maximum atomic E-state index is 14.1. The highest BCUT2D eigenvalue weighted by Gasteiger charge is 2.32. The molecule has 1 aliphatic carbocycles. The van der Waals surface area contributed by atoms with E-state index in [2.05, 4.69) is 9.97 Å². The minimum absolute atomic E-state index is 0.208. The van der Waals surface area contributed by atoms with Crippen LogP contribution >= 0.6 is 11.6 Å². The second-order valence-electron chi connectivity index (χ2n) is 5.56. The Morgan fingerprint density at radius 3 is 3.04 bits per heavy atom. The first-order chi connectivity index (χ1) is 11.1. The maximum absolute atomic E-state index is 14.1. The minimum atomic E-state index is -0.574. The molecule has 0 spiro atoms. The average Bonchev–Trinajstić information content (AvgIpc) is 3.07. The van der Waals surface area contributed by atoms with E-state index in [1.54, 1.807) is 29.1 Å². The number of nitrogens with two attached hydrogens (primary N) is 1. The lowest BCUT2D eigenvalue weighted by Crippen LogP contribution is -2.17. The van der Waals surface area contributed by atoms with Crippen molar-refractivity contribution in [2.45, 2.75) is 18.8 Å². The molecule has 23 heavy (non-hydrogen) atoms. The van der Waals surface area contributed by atoms with E-state index in [1.165, 1.54) is 6.07 Å². The van der Waals surface area contributed by atoms with E-state index in [1.807, 2.05) is 0 Å². The molecule has 0 saturated carbocycles. The van der Waals surface area contributed by atoms with Crippen LogP contribution in [0.3, 0.4) is 0 Å². The molecule has 116 valence electrons. The number of hydrogen-bond donors (Lipinski definition) is 1. The van der Waals surface area contributed by atoms with Crippen molar-refractivity contribution in [3.8, 4) is 0 Å². The normalized spacial score (nSPS) is 16.7. The van der Waals surface area contributed by atoms with Gasteiger partial charge in [-0.1, -0.05) is 11.6 Å². The summed E-state index contributed by atoms with van der Waals surface area (Å²) in [4.78, 5) is 20.5. The van der Waals surface area contributed by atoms with Gasteiger partial charge in [0.25, 0.3) is 5.91 Å². The van der Waals surface area contributed by atoms with Gasteiger partial charge in [-0.15, -0.1) is 0 Å². The molecule has 7 heteroatoms. The summed E-state index contributed by atoms with van der Waals surface area (Å²) in [6, 6.07) is 3.05. The van der Waals surface area contributed by atoms with Crippen LogP contribution in [0.5, 0.6) is 0 Å². The van der Waals surface area contributed by atoms with Crippen molar-refractivity contribution < 1.29 is 9.18 Å². The Morgan fingerprint density at radius 2 is 2.26 bits per heavy atom. The molecular formula is C16H12ClFN4O. The standard InChI is InChI=1S/C16H12ClFN4O/c17-8-5-11-9(12(18)6-8)1-2-10(11)14-15(16(19)23)22-4-3-20-7-13(22)21-14/h3-7,10H,1-2H2,(H2,19,23)/t10-/m1/s1. The molecule has 0 fully saturated rings. The number of fused-ring (bicyclic) bond motifs is 2. The summed E-state index contributed by atoms with van der Waals surface area (Å²) in [5.41, 5.74) is 8.34. The van der Waals surface area contributed by atoms with Crippen LogP contribution in [-0.4, -0.2) is 20.3 Å². The summed E-state index contributed by atoms with van der Waals surface area (Å²) in [5.74, 6) is -1.10. The van der Waals surface area contributed by atoms with Gasteiger partial charge < -0.3 is 5.73 Å². The molecule has 1 aromatic carbocycles. The van der Waals surface area contributed by atoms with Gasteiger partial charge in [0.1, 0.15) is 11.5 Å². The van der Waals surface area contributed by atoms with Gasteiger partial charge in [-0.05, 0) is 36.1 Å². The Hall–Kier alpha value is -2.47. The summed E-state index contributed by atoms with van der Waals surface area (Å²) < 4.78 is 15.7. The van der Waals surface area contributed by atoms with E-state index in [9.17, 15) is 9.18 Å². The van der Waals surface area contributed by atoms with Crippen LogP contribution in [0.25, 0.3) is 5.65 Å². The van der Waals surface area contributed by atoms with E-state index in [-0.39, 0.29) is 11.7 Å². The van der Waals surface area contributed by atoms with Crippen LogP contribution in [-0.2, 0) is 6.42 Å². The van der Waals surface area contributed by atoms with Crippen molar-refractivity contribution in [3.05, 3.63) is 64.1 Å². The lowest BCUT2D eigenvalue weighted by molar-refractivity contribution is 0.0993. The van der Waals surface area contributed by atoms with E-state index in [0.717, 1.165) is 5.56 Å². The summed E-state index contributed by atoms with van der Waals surface area (Å²) in [5, 5.41) is 0.333. The Labute approximate surface area is 135 Å². The van der Waals surface area contributed by atoms with Crippen molar-refractivity contribution in [2.75, 3.05) is 0 Å². The van der Waals surface area contributed by atoms with Crippen molar-refractivity contribution in [1.82, 2.24) is 14.4 Å². The lowest BCUT2D eigenvalue weighted by atomic mass is 9.96. The summed E-state index contributed by atoms with van der Waals surface area (Å²) >= 11 is 6.00. The Kier molecular flexibility index (Phi) is 3.09. The van der Waals surface area contributed by atoms with E-state index >= 15 is 0 Å². The monoisotopic (exact) mass is 330 g/mol. The molecule has 1 aliphatic rings. The van der Waals surface area contributed by atoms with Gasteiger partial charge in [-0.2, -0.15) is 0 Å². The number of amides is 1. The molecule has 0 saturated heterocycles. The molecule has 1 amide bonds. The van der Waals surface area contributed by atoms with E-state index < -0.39 is 5.91 Å². The molecule has 0 bridgehead atoms. The highest BCUT2D eigenvalue weighted by molar-refractivity contribution is 6.30. The summed E-state index contributed by atoms with van der Waals surface area (Å²) in [6.07, 6.45) is 5.99. The molecule has 2 N–H and O–H groups in total. The second-order valence-corrected chi connectivity index (χ2v) is 6.00. The predicted octanol–water partition coefficient (Wildman–Crippen LogP) is 2.70. The highest BCUT2D eigenvalue weighted by atomic mass is 35.5. The number of benzene rings is 1. The van der Waals surface area contributed by atoms with Crippen LogP contribution in [0.1, 0.15) is 39.6 Å². The van der Waals surface area contributed by atoms with Crippen LogP contribution in [0.4, 0.5) is 4.39 Å². The number of hydrogen-bond acceptors (Lipinski definition) is 3. The van der Waals surface area contributed by atoms with E-state index in [0.29, 0.717) is 40.5 Å². The summed E-state index contributed by atoms with van der Waals surface area (Å²) in [6.45, 7) is 0. The number of primary amides is 1. The van der Waals surface area contributed by atoms with Crippen molar-refractivity contribution in [3.63, 3.8) is 0 Å². The summed E-state index contributed by atoms with van der Waals surface area (Å²) in [7, 11) is 0. The van der Waals surface area contributed by atoms with Crippen LogP contribution in [0.15, 0.2) is 30.7 Å². The Bertz CT molecular complexity index is 953. The van der Waals surface area contributed by atoms with Crippen LogP contribution in [0.2, 0.25) is 5.02 Å². The number of halogens is 2. The maximum Gasteiger partial charge on any atom is 0.267 e. The molecule has 3 aromatic rings. The minimum Gasteiger partial charge on any atom is -0.364 e. The van der Waals surface area contributed by atoms with Gasteiger partial charge in [-0.25, -0.2) is 9.37 Å². The number of rotatable bonds is 2. The molecular weight excluding hydrogens is 319 g/mol. The molecule has 0 aliphatic heterocycles. The molecule has 4 rings (SSSR count). The first kappa shape index (κ1) is 14.1. The number of aromatic nitrogens is 3. The Balaban J connectivity index is 1.96. The quantitative estimate of drug-likeness (QED) is 0.785. The predicted molar refractivity (Wildman–Crippen MR) is 83.1 cm³/mol. The van der Waals surface area contributed by atoms with Gasteiger partial charge in [0, 0.05) is 23.3 Å². The smallest absolute Gasteiger partial charge is 0.267 e. The third kappa shape index (κ3) is 2.09. The zero-order valence-electron chi connectivity index (χ0n) is 12.0. The van der Waals surface area contributed by atoms with E-state index in [4.69, 9.17) is 17.3 Å². The third-order valence-corrected chi connectivity index (χ3v) is 4.49. The van der Waals surface area contributed by atoms with Gasteiger partial charge in [0.15, 0.2) is 5.65 Å². The fourth-order valence-electron chi connectivity index (χ4n) is 3.34. The van der Waals surface area contributed by atoms with Gasteiger partial charge in [0.2, 0.25) is 0 Å². The fraction of sp³-hybridized carbons (Fsp3) is 0.188. The number of carbonyl (C=O) groups excluding carboxylic acids is 1. The van der Waals surface area contributed by atoms with Gasteiger partial charge in [-0.3, -0.25) is 14.2 Å². The zero-order valence-corrected chi connectivity index (χ0v) is 12.7. The lowest BCUT2D eigenvalue weighted by Gasteiger charge is -2.11. The van der Waals surface area contributed by atoms with Gasteiger partial charge >= 0.3 is 0 Å². The SMILES string of the molecule is NC(=O)c1c([C@@H]2CCc3c(F)cc(Cl)cc32)nc2cnccn12. The molecule has 2 aromatic heterocycles. The molecule has 0 unspecified atom stereocenters. The van der Waals surface area contributed by atoms with Crippen LogP contribution < -0.4 is 5.73 Å². The molecule has 1 atom stereocenters. The van der Waals surface area contributed by atoms with Gasteiger partial charge in [0.05, 0.1) is 11.9 Å². The topological polar surface area (TPSA) is 73.3 Å². The number of imidazole rings is 1. The number of carbonyl (C=O) groups is 1. The molecule has 2 heterocycles. The number of nitrogens with zero attached hydrogens (tertiary/aromatic N) is 3. The first-order valence-corrected chi connectivity index (χ1v) is 7.53. The highest BCUT2D eigenvalue weighted by Crippen LogP contribution is 2.41. The second kappa shape index (κ2) is 5.03. The molecule has 5 nitrogen and oxygen atoms in total. The zero-order chi connectivity index (χ0) is 16.1. The average molecular weight is 331 g/mol. The van der Waals surface area contributed by atoms with Crippen molar-refractivity contribution >= 4 is 23.2 Å². The fourth-order valence-corrected chi connectivity index (χ4v) is 3.55. The van der Waals surface area contributed by atoms with Crippen molar-refractivity contribution in [2.24, 2.45) is 5.73 Å². The van der Waals surface area contributed by atoms with Crippen LogP contribution in [0, 0.1) is 5.82 Å².